The number of benzene rings is 3. The number of nitrogens with zero attached hydrogens (tertiary/aromatic N) is 4. The van der Waals surface area contributed by atoms with Crippen molar-refractivity contribution in [1.29, 1.82) is 0 Å². The second kappa shape index (κ2) is 21.1. The predicted octanol–water partition coefficient (Wildman–Crippen LogP) is 5.65. The first kappa shape index (κ1) is 40.2. The number of rotatable bonds is 19. The van der Waals surface area contributed by atoms with E-state index >= 15 is 0 Å². The third kappa shape index (κ3) is 12.0. The minimum Gasteiger partial charge on any atom is -0.508 e. The van der Waals surface area contributed by atoms with Crippen LogP contribution in [0.5, 0.6) is 5.75 Å². The molecule has 3 aromatic carbocycles. The Morgan fingerprint density at radius 1 is 0.852 bits per heavy atom. The molecule has 1 radical (unpaired) electrons. The molecule has 4 N–H and O–H groups in total. The van der Waals surface area contributed by atoms with Crippen molar-refractivity contribution >= 4 is 29.5 Å². The molecule has 0 aliphatic carbocycles. The zero-order valence-electron chi connectivity index (χ0n) is 31.2. The Kier molecular flexibility index (Phi) is 15.7. The zero-order valence-corrected chi connectivity index (χ0v) is 31.2. The van der Waals surface area contributed by atoms with Gasteiger partial charge in [0.25, 0.3) is 0 Å². The number of likely N-dealkylation sites (tertiary alicyclic amines) is 1. The number of ether oxygens (including phenoxy) is 1. The molecule has 0 bridgehead atoms. The summed E-state index contributed by atoms with van der Waals surface area (Å²) in [5, 5.41) is 16.3. The molecule has 2 aliphatic heterocycles. The summed E-state index contributed by atoms with van der Waals surface area (Å²) in [6.07, 6.45) is 8.54. The molecule has 0 aromatic heterocycles. The van der Waals surface area contributed by atoms with E-state index in [2.05, 4.69) is 16.6 Å². The molecule has 12 heteroatoms. The number of nitrogens with one attached hydrogen (secondary N) is 1. The lowest BCUT2D eigenvalue weighted by molar-refractivity contribution is -0.132. The molecular formula is C42H55N6O6. The van der Waals surface area contributed by atoms with Gasteiger partial charge in [-0.1, -0.05) is 60.7 Å². The van der Waals surface area contributed by atoms with E-state index < -0.39 is 6.09 Å². The number of carbonyl (C=O) groups excluding carboxylic acids is 4. The van der Waals surface area contributed by atoms with E-state index in [4.69, 9.17) is 10.5 Å². The molecule has 5 rings (SSSR count). The summed E-state index contributed by atoms with van der Waals surface area (Å²) in [6.45, 7) is 4.31. The molecule has 12 nitrogen and oxygen atoms in total. The minimum atomic E-state index is -0.509. The molecular weight excluding hydrogens is 684 g/mol. The molecule has 2 heterocycles. The largest absolute Gasteiger partial charge is 0.508 e. The Labute approximate surface area is 319 Å². The highest BCUT2D eigenvalue weighted by molar-refractivity contribution is 5.93. The fourth-order valence-corrected chi connectivity index (χ4v) is 7.16. The fraction of sp³-hybridized carbons (Fsp3) is 0.452. The van der Waals surface area contributed by atoms with E-state index in [0.717, 1.165) is 73.9 Å². The van der Waals surface area contributed by atoms with Gasteiger partial charge in [0, 0.05) is 44.7 Å². The number of carbonyl (C=O) groups is 4. The Morgan fingerprint density at radius 3 is 2.35 bits per heavy atom. The highest BCUT2D eigenvalue weighted by Crippen LogP contribution is 2.33. The summed E-state index contributed by atoms with van der Waals surface area (Å²) in [5.41, 5.74) is 9.15. The first-order chi connectivity index (χ1) is 26.3. The van der Waals surface area contributed by atoms with Gasteiger partial charge in [-0.05, 0) is 100 Å². The van der Waals surface area contributed by atoms with Gasteiger partial charge >= 0.3 is 6.09 Å². The van der Waals surface area contributed by atoms with Gasteiger partial charge in [-0.3, -0.25) is 19.3 Å². The Hall–Kier alpha value is -4.94. The van der Waals surface area contributed by atoms with Crippen molar-refractivity contribution in [2.45, 2.75) is 76.8 Å². The first-order valence-electron chi connectivity index (χ1n) is 19.3. The second-order valence-electron chi connectivity index (χ2n) is 14.0. The molecule has 2 fully saturated rings. The van der Waals surface area contributed by atoms with Crippen LogP contribution in [0.25, 0.3) is 11.1 Å². The van der Waals surface area contributed by atoms with Crippen LogP contribution < -0.4 is 16.1 Å². The zero-order chi connectivity index (χ0) is 38.1. The average Bonchev–Trinajstić information content (AvgIpc) is 3.67. The number of hydrazine groups is 1. The normalized spacial score (nSPS) is 16.1. The lowest BCUT2D eigenvalue weighted by Crippen LogP contribution is -2.50. The van der Waals surface area contributed by atoms with Crippen molar-refractivity contribution in [3.8, 4) is 16.9 Å². The van der Waals surface area contributed by atoms with Crippen molar-refractivity contribution in [2.24, 2.45) is 5.73 Å². The molecule has 2 saturated heterocycles. The maximum absolute atomic E-state index is 13.6. The molecule has 0 unspecified atom stereocenters. The summed E-state index contributed by atoms with van der Waals surface area (Å²) in [4.78, 5) is 55.3. The van der Waals surface area contributed by atoms with E-state index in [1.807, 2.05) is 76.6 Å². The maximum Gasteiger partial charge on any atom is 0.429 e. The fourth-order valence-electron chi connectivity index (χ4n) is 7.16. The summed E-state index contributed by atoms with van der Waals surface area (Å²) in [5.74, 6) is -0.272. The van der Waals surface area contributed by atoms with Crippen LogP contribution in [-0.4, -0.2) is 95.6 Å². The van der Waals surface area contributed by atoms with Gasteiger partial charge in [0.2, 0.25) is 17.7 Å². The standard InChI is InChI=1S/C42H55N6O6/c43-41(52)38-18-12-27-45(38)28-13-19-40(51)46(32-33-20-22-35(49)23-21-33)26-9-2-8-25-44-39(50)24-31-54-42(53)48(47-29-10-3-11-30-47)37-17-7-6-16-36(37)34-14-4-1-5-15-34/h1,3-7,14-17,20-23,38,49H,2,8-13,18-19,24-32H2,(H2,43,52)(H,44,50)/t38-/m1/s1. The Morgan fingerprint density at radius 2 is 1.59 bits per heavy atom. The number of unbranched alkanes of at least 4 members (excludes halogenated alkanes) is 2. The monoisotopic (exact) mass is 739 g/mol. The summed E-state index contributed by atoms with van der Waals surface area (Å²) >= 11 is 0. The third-order valence-electron chi connectivity index (χ3n) is 10.0. The lowest BCUT2D eigenvalue weighted by Gasteiger charge is -2.37. The topological polar surface area (TPSA) is 149 Å². The SMILES string of the molecule is NC(=O)[C@H]1CCCN1CCCC(=O)N(CCCCCNC(=O)CCOC(=O)N(c1ccccc1-c1ccccc1)N1CC[CH]CC1)Cc1ccc(O)cc1. The predicted molar refractivity (Wildman–Crippen MR) is 209 cm³/mol. The summed E-state index contributed by atoms with van der Waals surface area (Å²) in [7, 11) is 0. The van der Waals surface area contributed by atoms with E-state index in [1.165, 1.54) is 0 Å². The molecule has 3 aromatic rings. The minimum absolute atomic E-state index is 0.0378. The van der Waals surface area contributed by atoms with Gasteiger partial charge in [-0.15, -0.1) is 0 Å². The summed E-state index contributed by atoms with van der Waals surface area (Å²) in [6, 6.07) is 24.4. The first-order valence-corrected chi connectivity index (χ1v) is 19.3. The van der Waals surface area contributed by atoms with E-state index in [0.29, 0.717) is 52.1 Å². The van der Waals surface area contributed by atoms with Crippen molar-refractivity contribution in [3.63, 3.8) is 0 Å². The van der Waals surface area contributed by atoms with Gasteiger partial charge in [0.1, 0.15) is 12.4 Å². The molecule has 289 valence electrons. The maximum atomic E-state index is 13.6. The smallest absolute Gasteiger partial charge is 0.429 e. The number of para-hydroxylation sites is 1. The van der Waals surface area contributed by atoms with Gasteiger partial charge < -0.3 is 25.8 Å². The van der Waals surface area contributed by atoms with Gasteiger partial charge in [-0.25, -0.2) is 14.8 Å². The number of anilines is 1. The van der Waals surface area contributed by atoms with Gasteiger partial charge in [0.15, 0.2) is 0 Å². The van der Waals surface area contributed by atoms with Crippen LogP contribution in [-0.2, 0) is 25.7 Å². The lowest BCUT2D eigenvalue weighted by atomic mass is 10.0. The number of nitrogens with two attached hydrogens (primary N) is 1. The van der Waals surface area contributed by atoms with Crippen molar-refractivity contribution in [3.05, 3.63) is 90.8 Å². The number of aromatic hydroxyl groups is 1. The van der Waals surface area contributed by atoms with Crippen molar-refractivity contribution < 1.29 is 29.0 Å². The Balaban J connectivity index is 1.04. The molecule has 1 atom stereocenters. The van der Waals surface area contributed by atoms with Crippen LogP contribution >= 0.6 is 0 Å². The Bertz CT molecular complexity index is 1650. The highest BCUT2D eigenvalue weighted by atomic mass is 16.6. The van der Waals surface area contributed by atoms with Crippen LogP contribution in [0.4, 0.5) is 10.5 Å². The second-order valence-corrected chi connectivity index (χ2v) is 14.0. The van der Waals surface area contributed by atoms with Crippen LogP contribution in [0.1, 0.15) is 69.8 Å². The van der Waals surface area contributed by atoms with Crippen LogP contribution in [0.15, 0.2) is 78.9 Å². The van der Waals surface area contributed by atoms with Gasteiger partial charge in [0.05, 0.1) is 18.2 Å². The number of primary amides is 1. The number of phenolic OH excluding ortho intramolecular Hbond substituents is 1. The molecule has 4 amide bonds. The number of phenols is 1. The molecule has 54 heavy (non-hydrogen) atoms. The number of piperidine rings is 1. The average molecular weight is 740 g/mol. The highest BCUT2D eigenvalue weighted by Gasteiger charge is 2.30. The van der Waals surface area contributed by atoms with E-state index in [9.17, 15) is 24.3 Å². The third-order valence-corrected chi connectivity index (χ3v) is 10.0. The van der Waals surface area contributed by atoms with Crippen molar-refractivity contribution in [2.75, 3.05) is 50.9 Å². The van der Waals surface area contributed by atoms with Crippen LogP contribution in [0.2, 0.25) is 0 Å². The number of amides is 4. The van der Waals surface area contributed by atoms with Crippen LogP contribution in [0.3, 0.4) is 0 Å². The number of hydrogen-bond donors (Lipinski definition) is 3. The van der Waals surface area contributed by atoms with E-state index in [-0.39, 0.29) is 42.5 Å². The van der Waals surface area contributed by atoms with Crippen molar-refractivity contribution in [1.82, 2.24) is 20.1 Å². The quantitative estimate of drug-likeness (QED) is 0.134. The molecule has 0 spiro atoms. The summed E-state index contributed by atoms with van der Waals surface area (Å²) < 4.78 is 5.69. The molecule has 0 saturated carbocycles. The van der Waals surface area contributed by atoms with Gasteiger partial charge in [-0.2, -0.15) is 0 Å². The molecule has 2 aliphatic rings. The van der Waals surface area contributed by atoms with Crippen LogP contribution in [0, 0.1) is 6.42 Å². The number of hydrogen-bond acceptors (Lipinski definition) is 8. The van der Waals surface area contributed by atoms with E-state index in [1.54, 1.807) is 17.1 Å².